The van der Waals surface area contributed by atoms with Gasteiger partial charge in [0.15, 0.2) is 11.5 Å². The lowest BCUT2D eigenvalue weighted by atomic mass is 10.3. The Balaban J connectivity index is 1.53. The topological polar surface area (TPSA) is 55.9 Å². The second-order valence-electron chi connectivity index (χ2n) is 5.50. The summed E-state index contributed by atoms with van der Waals surface area (Å²) in [4.78, 5) is 4.59. The quantitative estimate of drug-likeness (QED) is 0.777. The Morgan fingerprint density at radius 1 is 1.33 bits per heavy atom. The van der Waals surface area contributed by atoms with Crippen molar-refractivity contribution in [3.05, 3.63) is 42.0 Å². The van der Waals surface area contributed by atoms with Gasteiger partial charge in [-0.05, 0) is 44.0 Å². The minimum Gasteiger partial charge on any atom is -0.440 e. The summed E-state index contributed by atoms with van der Waals surface area (Å²) in [5.41, 5.74) is 4.05. The van der Waals surface area contributed by atoms with Crippen molar-refractivity contribution in [3.8, 4) is 0 Å². The predicted molar refractivity (Wildman–Crippen MR) is 81.2 cm³/mol. The molecule has 4 rings (SSSR count). The first-order chi connectivity index (χ1) is 10.3. The molecule has 0 amide bonds. The Bertz CT molecular complexity index is 770. The number of rotatable bonds is 5. The van der Waals surface area contributed by atoms with Gasteiger partial charge in [-0.1, -0.05) is 0 Å². The van der Waals surface area contributed by atoms with E-state index in [1.807, 2.05) is 29.1 Å². The summed E-state index contributed by atoms with van der Waals surface area (Å²) >= 11 is 0. The highest BCUT2D eigenvalue weighted by molar-refractivity contribution is 5.77. The molecule has 108 valence electrons. The van der Waals surface area contributed by atoms with Crippen LogP contribution >= 0.6 is 0 Å². The minimum atomic E-state index is 0.549. The number of aryl methyl sites for hydroxylation is 1. The summed E-state index contributed by atoms with van der Waals surface area (Å²) < 4.78 is 7.77. The molecule has 0 bridgehead atoms. The molecule has 0 atom stereocenters. The smallest absolute Gasteiger partial charge is 0.198 e. The van der Waals surface area contributed by atoms with Gasteiger partial charge in [-0.25, -0.2) is 4.98 Å². The minimum absolute atomic E-state index is 0.549. The molecule has 0 saturated heterocycles. The van der Waals surface area contributed by atoms with Crippen molar-refractivity contribution in [2.45, 2.75) is 38.8 Å². The molecule has 1 aliphatic carbocycles. The molecular weight excluding hydrogens is 264 g/mol. The Morgan fingerprint density at radius 2 is 2.24 bits per heavy atom. The summed E-state index contributed by atoms with van der Waals surface area (Å²) in [6.07, 6.45) is 4.25. The monoisotopic (exact) mass is 282 g/mol. The van der Waals surface area contributed by atoms with E-state index in [4.69, 9.17) is 4.42 Å². The molecule has 1 N–H and O–H groups in total. The van der Waals surface area contributed by atoms with Crippen LogP contribution in [0.2, 0.25) is 0 Å². The van der Waals surface area contributed by atoms with Crippen LogP contribution in [0.1, 0.15) is 37.3 Å². The van der Waals surface area contributed by atoms with Crippen LogP contribution in [0, 0.1) is 0 Å². The van der Waals surface area contributed by atoms with E-state index in [9.17, 15) is 0 Å². The number of hydrogen-bond acceptors (Lipinski definition) is 4. The predicted octanol–water partition coefficient (Wildman–Crippen LogP) is 3.53. The molecule has 5 heteroatoms. The first-order valence-electron chi connectivity index (χ1n) is 7.48. The number of benzene rings is 1. The highest BCUT2D eigenvalue weighted by atomic mass is 16.3. The fourth-order valence-corrected chi connectivity index (χ4v) is 2.55. The van der Waals surface area contributed by atoms with Crippen LogP contribution in [0.25, 0.3) is 11.1 Å². The molecule has 0 radical (unpaired) electrons. The fraction of sp³-hybridized carbons (Fsp3) is 0.375. The average molecular weight is 282 g/mol. The van der Waals surface area contributed by atoms with Gasteiger partial charge < -0.3 is 9.73 Å². The van der Waals surface area contributed by atoms with Gasteiger partial charge in [0.05, 0.1) is 12.2 Å². The molecular formula is C16H18N4O. The van der Waals surface area contributed by atoms with Gasteiger partial charge in [-0.3, -0.25) is 4.68 Å². The summed E-state index contributed by atoms with van der Waals surface area (Å²) in [7, 11) is 0. The lowest BCUT2D eigenvalue weighted by Gasteiger charge is -2.07. The van der Waals surface area contributed by atoms with Crippen molar-refractivity contribution < 1.29 is 4.42 Å². The van der Waals surface area contributed by atoms with Crippen LogP contribution < -0.4 is 5.32 Å². The maximum Gasteiger partial charge on any atom is 0.198 e. The molecule has 1 aromatic carbocycles. The second kappa shape index (κ2) is 4.91. The van der Waals surface area contributed by atoms with Gasteiger partial charge in [0, 0.05) is 24.3 Å². The van der Waals surface area contributed by atoms with Crippen molar-refractivity contribution in [1.29, 1.82) is 0 Å². The first kappa shape index (κ1) is 12.4. The number of nitrogens with one attached hydrogen (secondary N) is 1. The van der Waals surface area contributed by atoms with E-state index in [1.54, 1.807) is 0 Å². The largest absolute Gasteiger partial charge is 0.440 e. The van der Waals surface area contributed by atoms with Crippen LogP contribution in [0.5, 0.6) is 0 Å². The number of oxazole rings is 1. The number of nitrogens with zero attached hydrogens (tertiary/aromatic N) is 3. The van der Waals surface area contributed by atoms with Crippen LogP contribution in [0.3, 0.4) is 0 Å². The third-order valence-corrected chi connectivity index (χ3v) is 3.91. The molecule has 1 saturated carbocycles. The van der Waals surface area contributed by atoms with Crippen molar-refractivity contribution >= 4 is 16.8 Å². The summed E-state index contributed by atoms with van der Waals surface area (Å²) in [6, 6.07) is 8.12. The maximum atomic E-state index is 5.78. The van der Waals surface area contributed by atoms with E-state index in [0.717, 1.165) is 35.8 Å². The van der Waals surface area contributed by atoms with Crippen LogP contribution in [-0.4, -0.2) is 14.8 Å². The lowest BCUT2D eigenvalue weighted by molar-refractivity contribution is 0.533. The molecule has 1 fully saturated rings. The SMILES string of the molecule is CCn1nccc1CNc1ccc2oc(C3CC3)nc2c1. The Labute approximate surface area is 123 Å². The summed E-state index contributed by atoms with van der Waals surface area (Å²) in [6.45, 7) is 3.74. The van der Waals surface area contributed by atoms with Gasteiger partial charge in [0.2, 0.25) is 0 Å². The number of anilines is 1. The normalized spacial score (nSPS) is 14.7. The van der Waals surface area contributed by atoms with E-state index in [2.05, 4.69) is 28.4 Å². The fourth-order valence-electron chi connectivity index (χ4n) is 2.55. The Morgan fingerprint density at radius 3 is 3.05 bits per heavy atom. The summed E-state index contributed by atoms with van der Waals surface area (Å²) in [5, 5.41) is 7.70. The van der Waals surface area contributed by atoms with E-state index in [1.165, 1.54) is 18.5 Å². The molecule has 5 nitrogen and oxygen atoms in total. The molecule has 0 aliphatic heterocycles. The van der Waals surface area contributed by atoms with Gasteiger partial charge >= 0.3 is 0 Å². The van der Waals surface area contributed by atoms with Gasteiger partial charge in [0.1, 0.15) is 5.52 Å². The van der Waals surface area contributed by atoms with Crippen molar-refractivity contribution in [1.82, 2.24) is 14.8 Å². The van der Waals surface area contributed by atoms with Crippen molar-refractivity contribution in [2.24, 2.45) is 0 Å². The zero-order valence-electron chi connectivity index (χ0n) is 12.0. The first-order valence-corrected chi connectivity index (χ1v) is 7.48. The number of hydrogen-bond donors (Lipinski definition) is 1. The number of aromatic nitrogens is 3. The Kier molecular flexibility index (Phi) is 2.91. The molecule has 2 aromatic heterocycles. The molecule has 1 aliphatic rings. The van der Waals surface area contributed by atoms with Gasteiger partial charge in [0.25, 0.3) is 0 Å². The third-order valence-electron chi connectivity index (χ3n) is 3.91. The van der Waals surface area contributed by atoms with Crippen LogP contribution in [-0.2, 0) is 13.1 Å². The summed E-state index contributed by atoms with van der Waals surface area (Å²) in [5.74, 6) is 1.44. The number of fused-ring (bicyclic) bond motifs is 1. The molecule has 2 heterocycles. The van der Waals surface area contributed by atoms with Crippen molar-refractivity contribution in [2.75, 3.05) is 5.32 Å². The second-order valence-corrected chi connectivity index (χ2v) is 5.50. The van der Waals surface area contributed by atoms with Crippen LogP contribution in [0.4, 0.5) is 5.69 Å². The molecule has 0 unspecified atom stereocenters. The van der Waals surface area contributed by atoms with Gasteiger partial charge in [-0.2, -0.15) is 5.10 Å². The van der Waals surface area contributed by atoms with Gasteiger partial charge in [-0.15, -0.1) is 0 Å². The standard InChI is InChI=1S/C16H18N4O/c1-2-20-13(7-8-18-20)10-17-12-5-6-15-14(9-12)19-16(21-15)11-3-4-11/h5-9,11,17H,2-4,10H2,1H3. The van der Waals surface area contributed by atoms with E-state index < -0.39 is 0 Å². The molecule has 3 aromatic rings. The lowest BCUT2D eigenvalue weighted by Crippen LogP contribution is -2.07. The van der Waals surface area contributed by atoms with Crippen LogP contribution in [0.15, 0.2) is 34.9 Å². The zero-order valence-corrected chi connectivity index (χ0v) is 12.0. The molecule has 0 spiro atoms. The van der Waals surface area contributed by atoms with Crippen molar-refractivity contribution in [3.63, 3.8) is 0 Å². The van der Waals surface area contributed by atoms with E-state index >= 15 is 0 Å². The maximum absolute atomic E-state index is 5.78. The van der Waals surface area contributed by atoms with E-state index in [-0.39, 0.29) is 0 Å². The third kappa shape index (κ3) is 2.39. The van der Waals surface area contributed by atoms with E-state index in [0.29, 0.717) is 5.92 Å². The highest BCUT2D eigenvalue weighted by Crippen LogP contribution is 2.40. The average Bonchev–Trinajstić information content (AvgIpc) is 3.11. The Hall–Kier alpha value is -2.30. The zero-order chi connectivity index (χ0) is 14.2. The highest BCUT2D eigenvalue weighted by Gasteiger charge is 2.28. The molecule has 21 heavy (non-hydrogen) atoms.